The molecule has 0 aliphatic carbocycles. The van der Waals surface area contributed by atoms with E-state index in [2.05, 4.69) is 5.48 Å². The topological polar surface area (TPSA) is 90.7 Å². The minimum atomic E-state index is -0.553. The van der Waals surface area contributed by atoms with Gasteiger partial charge < -0.3 is 10.5 Å². The molecule has 6 heteroatoms. The maximum atomic E-state index is 11.4. The normalized spacial score (nSPS) is 9.71. The van der Waals surface area contributed by atoms with Gasteiger partial charge in [-0.15, -0.1) is 0 Å². The maximum Gasteiger partial charge on any atom is 0.274 e. The molecule has 0 spiro atoms. The second-order valence-electron chi connectivity index (χ2n) is 3.14. The van der Waals surface area contributed by atoms with Gasteiger partial charge in [-0.1, -0.05) is 0 Å². The second kappa shape index (κ2) is 6.49. The van der Waals surface area contributed by atoms with E-state index < -0.39 is 5.91 Å². The summed E-state index contributed by atoms with van der Waals surface area (Å²) in [6, 6.07) is 6.27. The number of hydroxylamine groups is 1. The Bertz CT molecular complexity index is 389. The number of hydrogen-bond donors (Lipinski definition) is 2. The van der Waals surface area contributed by atoms with Crippen LogP contribution in [0.5, 0.6) is 5.75 Å². The second-order valence-corrected chi connectivity index (χ2v) is 3.14. The molecule has 92 valence electrons. The van der Waals surface area contributed by atoms with Crippen molar-refractivity contribution in [3.63, 3.8) is 0 Å². The summed E-state index contributed by atoms with van der Waals surface area (Å²) in [4.78, 5) is 26.7. The molecule has 0 saturated carbocycles. The molecule has 0 bridgehead atoms. The number of carbonyl (C=O) groups excluding carboxylic acids is 2. The SMILES string of the molecule is CCONC(=O)c1ccc(OCC(N)=O)cc1. The number of amides is 2. The zero-order valence-electron chi connectivity index (χ0n) is 9.43. The molecule has 3 N–H and O–H groups in total. The Morgan fingerprint density at radius 2 is 1.94 bits per heavy atom. The molecule has 0 fully saturated rings. The van der Waals surface area contributed by atoms with E-state index in [-0.39, 0.29) is 12.5 Å². The van der Waals surface area contributed by atoms with Crippen molar-refractivity contribution in [1.29, 1.82) is 0 Å². The van der Waals surface area contributed by atoms with E-state index in [4.69, 9.17) is 15.3 Å². The van der Waals surface area contributed by atoms with Crippen LogP contribution in [0.25, 0.3) is 0 Å². The number of nitrogens with one attached hydrogen (secondary N) is 1. The maximum absolute atomic E-state index is 11.4. The summed E-state index contributed by atoms with van der Waals surface area (Å²) in [6.07, 6.45) is 0. The van der Waals surface area contributed by atoms with Crippen molar-refractivity contribution >= 4 is 11.8 Å². The molecule has 0 unspecified atom stereocenters. The van der Waals surface area contributed by atoms with Crippen molar-refractivity contribution in [2.24, 2.45) is 5.73 Å². The van der Waals surface area contributed by atoms with E-state index in [0.717, 1.165) is 0 Å². The van der Waals surface area contributed by atoms with Crippen LogP contribution in [0.3, 0.4) is 0 Å². The number of primary amides is 1. The Morgan fingerprint density at radius 3 is 2.47 bits per heavy atom. The fourth-order valence-corrected chi connectivity index (χ4v) is 1.05. The molecule has 0 saturated heterocycles. The van der Waals surface area contributed by atoms with Crippen LogP contribution in [0.4, 0.5) is 0 Å². The van der Waals surface area contributed by atoms with Crippen LogP contribution in [0.1, 0.15) is 17.3 Å². The van der Waals surface area contributed by atoms with Gasteiger partial charge in [0.2, 0.25) is 0 Å². The predicted octanol–water partition coefficient (Wildman–Crippen LogP) is 0.232. The molecule has 2 amide bonds. The summed E-state index contributed by atoms with van der Waals surface area (Å²) >= 11 is 0. The molecule has 1 aromatic rings. The Morgan fingerprint density at radius 1 is 1.29 bits per heavy atom. The van der Waals surface area contributed by atoms with Crippen LogP contribution in [0.2, 0.25) is 0 Å². The van der Waals surface area contributed by atoms with Crippen molar-refractivity contribution < 1.29 is 19.2 Å². The van der Waals surface area contributed by atoms with Gasteiger partial charge in [0.15, 0.2) is 6.61 Å². The summed E-state index contributed by atoms with van der Waals surface area (Å²) in [7, 11) is 0. The zero-order valence-corrected chi connectivity index (χ0v) is 9.43. The number of benzene rings is 1. The Hall–Kier alpha value is -2.08. The summed E-state index contributed by atoms with van der Waals surface area (Å²) in [5.41, 5.74) is 7.63. The largest absolute Gasteiger partial charge is 0.484 e. The molecule has 0 aliphatic heterocycles. The first-order valence-corrected chi connectivity index (χ1v) is 5.06. The van der Waals surface area contributed by atoms with Gasteiger partial charge in [0.25, 0.3) is 11.8 Å². The van der Waals surface area contributed by atoms with Crippen LogP contribution in [0, 0.1) is 0 Å². The summed E-state index contributed by atoms with van der Waals surface area (Å²) < 4.78 is 5.05. The monoisotopic (exact) mass is 238 g/mol. The highest BCUT2D eigenvalue weighted by molar-refractivity contribution is 5.93. The third kappa shape index (κ3) is 4.52. The van der Waals surface area contributed by atoms with Gasteiger partial charge in [0.1, 0.15) is 5.75 Å². The molecule has 0 heterocycles. The lowest BCUT2D eigenvalue weighted by atomic mass is 10.2. The van der Waals surface area contributed by atoms with Gasteiger partial charge in [0.05, 0.1) is 6.61 Å². The minimum Gasteiger partial charge on any atom is -0.484 e. The molecule has 6 nitrogen and oxygen atoms in total. The third-order valence-corrected chi connectivity index (χ3v) is 1.81. The molecular formula is C11H14N2O4. The molecule has 0 atom stereocenters. The third-order valence-electron chi connectivity index (χ3n) is 1.81. The van der Waals surface area contributed by atoms with Crippen LogP contribution in [0.15, 0.2) is 24.3 Å². The quantitative estimate of drug-likeness (QED) is 0.694. The lowest BCUT2D eigenvalue weighted by molar-refractivity contribution is -0.119. The number of hydrogen-bond acceptors (Lipinski definition) is 4. The van der Waals surface area contributed by atoms with Crippen molar-refractivity contribution in [1.82, 2.24) is 5.48 Å². The lowest BCUT2D eigenvalue weighted by Gasteiger charge is -2.06. The lowest BCUT2D eigenvalue weighted by Crippen LogP contribution is -2.23. The van der Waals surface area contributed by atoms with Crippen molar-refractivity contribution in [3.05, 3.63) is 29.8 Å². The van der Waals surface area contributed by atoms with Gasteiger partial charge in [-0.05, 0) is 31.2 Å². The molecule has 0 aliphatic rings. The Kier molecular flexibility index (Phi) is 4.96. The average Bonchev–Trinajstić information content (AvgIpc) is 2.34. The summed E-state index contributed by atoms with van der Waals surface area (Å²) in [6.45, 7) is 1.97. The van der Waals surface area contributed by atoms with Gasteiger partial charge in [-0.2, -0.15) is 0 Å². The van der Waals surface area contributed by atoms with Gasteiger partial charge in [0, 0.05) is 5.56 Å². The van der Waals surface area contributed by atoms with Gasteiger partial charge in [-0.3, -0.25) is 14.4 Å². The predicted molar refractivity (Wildman–Crippen MR) is 60.2 cm³/mol. The highest BCUT2D eigenvalue weighted by Gasteiger charge is 2.05. The van der Waals surface area contributed by atoms with E-state index in [1.807, 2.05) is 0 Å². The number of ether oxygens (including phenoxy) is 1. The van der Waals surface area contributed by atoms with Crippen molar-refractivity contribution in [2.75, 3.05) is 13.2 Å². The van der Waals surface area contributed by atoms with Crippen LogP contribution in [-0.4, -0.2) is 25.0 Å². The van der Waals surface area contributed by atoms with Crippen molar-refractivity contribution in [3.8, 4) is 5.75 Å². The highest BCUT2D eigenvalue weighted by atomic mass is 16.6. The van der Waals surface area contributed by atoms with E-state index in [0.29, 0.717) is 17.9 Å². The Balaban J connectivity index is 2.55. The highest BCUT2D eigenvalue weighted by Crippen LogP contribution is 2.11. The fourth-order valence-electron chi connectivity index (χ4n) is 1.05. The molecule has 0 radical (unpaired) electrons. The first-order chi connectivity index (χ1) is 8.13. The average molecular weight is 238 g/mol. The fraction of sp³-hybridized carbons (Fsp3) is 0.273. The van der Waals surface area contributed by atoms with Crippen LogP contribution < -0.4 is 16.0 Å². The number of rotatable bonds is 6. The standard InChI is InChI=1S/C11H14N2O4/c1-2-17-13-11(15)8-3-5-9(6-4-8)16-7-10(12)14/h3-6H,2,7H2,1H3,(H2,12,14)(H,13,15). The smallest absolute Gasteiger partial charge is 0.274 e. The van der Waals surface area contributed by atoms with E-state index in [9.17, 15) is 9.59 Å². The molecular weight excluding hydrogens is 224 g/mol. The number of nitrogens with two attached hydrogens (primary N) is 1. The first-order valence-electron chi connectivity index (χ1n) is 5.06. The van der Waals surface area contributed by atoms with E-state index >= 15 is 0 Å². The molecule has 0 aromatic heterocycles. The van der Waals surface area contributed by atoms with Crippen LogP contribution >= 0.6 is 0 Å². The van der Waals surface area contributed by atoms with Crippen molar-refractivity contribution in [2.45, 2.75) is 6.92 Å². The first kappa shape index (κ1) is 13.0. The summed E-state index contributed by atoms with van der Waals surface area (Å²) in [5.74, 6) is -0.423. The zero-order chi connectivity index (χ0) is 12.7. The van der Waals surface area contributed by atoms with Gasteiger partial charge in [-0.25, -0.2) is 5.48 Å². The molecule has 17 heavy (non-hydrogen) atoms. The van der Waals surface area contributed by atoms with Crippen LogP contribution in [-0.2, 0) is 9.63 Å². The molecule has 1 aromatic carbocycles. The summed E-state index contributed by atoms with van der Waals surface area (Å²) in [5, 5.41) is 0. The van der Waals surface area contributed by atoms with E-state index in [1.165, 1.54) is 0 Å². The molecule has 1 rings (SSSR count). The minimum absolute atomic E-state index is 0.190. The number of carbonyl (C=O) groups is 2. The van der Waals surface area contributed by atoms with E-state index in [1.54, 1.807) is 31.2 Å². The van der Waals surface area contributed by atoms with Gasteiger partial charge >= 0.3 is 0 Å². The Labute approximate surface area is 98.7 Å².